The maximum atomic E-state index is 14.5. The first-order valence-corrected chi connectivity index (χ1v) is 21.4. The summed E-state index contributed by atoms with van der Waals surface area (Å²) in [4.78, 5) is 65.9. The molecule has 4 aliphatic heterocycles. The highest BCUT2D eigenvalue weighted by Crippen LogP contribution is 2.33. The van der Waals surface area contributed by atoms with Gasteiger partial charge >= 0.3 is 0 Å². The first kappa shape index (κ1) is 43.3. The summed E-state index contributed by atoms with van der Waals surface area (Å²) < 4.78 is 5.66. The van der Waals surface area contributed by atoms with Gasteiger partial charge in [0, 0.05) is 66.8 Å². The van der Waals surface area contributed by atoms with E-state index in [2.05, 4.69) is 31.1 Å². The number of hydrogen-bond donors (Lipinski definition) is 3. The predicted molar refractivity (Wildman–Crippen MR) is 238 cm³/mol. The number of methoxy groups -OCH3 is 1. The van der Waals surface area contributed by atoms with E-state index in [0.717, 1.165) is 49.9 Å². The SMILES string of the molecule is COCc1cc(CC2(C)ON=C(c3ccc(C(=O)N(c4ncccc4C)C4CCCNC4)cc3)/C2=N/O)cnc1N(C(=O)c1ccc(C2=NOC(C)(C)C2=O)cc1)C1CCCNC1. The van der Waals surface area contributed by atoms with Crippen molar-refractivity contribution in [3.05, 3.63) is 118 Å². The van der Waals surface area contributed by atoms with Crippen LogP contribution in [0.5, 0.6) is 0 Å². The van der Waals surface area contributed by atoms with Crippen molar-refractivity contribution >= 4 is 46.4 Å². The molecule has 0 bridgehead atoms. The van der Waals surface area contributed by atoms with E-state index in [1.807, 2.05) is 25.1 Å². The van der Waals surface area contributed by atoms with Gasteiger partial charge in [-0.2, -0.15) is 0 Å². The van der Waals surface area contributed by atoms with Gasteiger partial charge in [0.2, 0.25) is 5.78 Å². The fourth-order valence-electron chi connectivity index (χ4n) is 8.70. The molecule has 0 radical (unpaired) electrons. The van der Waals surface area contributed by atoms with Crippen LogP contribution in [0.3, 0.4) is 0 Å². The number of ether oxygens (including phenoxy) is 1. The molecule has 4 aliphatic rings. The lowest BCUT2D eigenvalue weighted by atomic mass is 9.87. The van der Waals surface area contributed by atoms with Crippen LogP contribution < -0.4 is 20.4 Å². The number of oxime groups is 3. The van der Waals surface area contributed by atoms with Gasteiger partial charge in [0.25, 0.3) is 11.8 Å². The van der Waals surface area contributed by atoms with E-state index in [9.17, 15) is 19.6 Å². The van der Waals surface area contributed by atoms with Crippen LogP contribution in [0.25, 0.3) is 0 Å². The smallest absolute Gasteiger partial charge is 0.259 e. The monoisotopic (exact) mass is 855 g/mol. The number of nitrogens with zero attached hydrogens (tertiary/aromatic N) is 7. The Morgan fingerprint density at radius 2 is 1.43 bits per heavy atom. The van der Waals surface area contributed by atoms with Crippen molar-refractivity contribution in [2.75, 3.05) is 43.1 Å². The fraction of sp³-hybridized carbons (Fsp3) is 0.404. The third-order valence-corrected chi connectivity index (χ3v) is 12.1. The molecule has 6 heterocycles. The summed E-state index contributed by atoms with van der Waals surface area (Å²) in [6.07, 6.45) is 7.08. The number of hydrogen-bond acceptors (Lipinski definition) is 14. The van der Waals surface area contributed by atoms with Crippen LogP contribution in [0.15, 0.2) is 94.6 Å². The number of ketones is 1. The number of aromatic nitrogens is 2. The molecule has 16 heteroatoms. The number of carbonyl (C=O) groups is 3. The standard InChI is InChI=1S/C47H53N9O7/c1-29-9-6-22-50-42(29)55(36-10-7-20-48-26-36)44(58)33-16-12-31(13-17-33)38-40(52-60)47(4,63-53-38)24-30-23-35(28-61-5)43(51-25-30)56(37-11-8-21-49-27-37)45(59)34-18-14-32(15-19-34)39-41(57)46(2,3)62-54-39/h6,9,12-19,22-23,25,36-37,48-49,60H,7-8,10-11,20-21,24,26-28H2,1-5H3/b52-40-. The first-order chi connectivity index (χ1) is 30.4. The van der Waals surface area contributed by atoms with Gasteiger partial charge in [-0.05, 0) is 114 Å². The van der Waals surface area contributed by atoms with Crippen LogP contribution in [-0.2, 0) is 32.2 Å². The van der Waals surface area contributed by atoms with Crippen molar-refractivity contribution in [3.63, 3.8) is 0 Å². The van der Waals surface area contributed by atoms with Crippen LogP contribution in [-0.4, -0.2) is 106 Å². The molecule has 4 aromatic rings. The zero-order valence-electron chi connectivity index (χ0n) is 36.3. The van der Waals surface area contributed by atoms with Gasteiger partial charge in [0.1, 0.15) is 17.3 Å². The van der Waals surface area contributed by atoms with Crippen LogP contribution >= 0.6 is 0 Å². The Hall–Kier alpha value is -6.36. The molecule has 0 aliphatic carbocycles. The summed E-state index contributed by atoms with van der Waals surface area (Å²) in [5, 5.41) is 29.4. The minimum absolute atomic E-state index is 0.0465. The van der Waals surface area contributed by atoms with Crippen molar-refractivity contribution in [1.82, 2.24) is 20.6 Å². The Morgan fingerprint density at radius 1 is 0.841 bits per heavy atom. The zero-order chi connectivity index (χ0) is 44.3. The summed E-state index contributed by atoms with van der Waals surface area (Å²) in [5.74, 6) is 0.472. The van der Waals surface area contributed by atoms with Gasteiger partial charge in [-0.3, -0.25) is 24.2 Å². The Labute approximate surface area is 366 Å². The quantitative estimate of drug-likeness (QED) is 0.123. The number of carbonyl (C=O) groups excluding carboxylic acids is 3. The van der Waals surface area contributed by atoms with Gasteiger partial charge in [-0.15, -0.1) is 0 Å². The number of pyridine rings is 2. The summed E-state index contributed by atoms with van der Waals surface area (Å²) >= 11 is 0. The Kier molecular flexibility index (Phi) is 12.5. The van der Waals surface area contributed by atoms with Crippen molar-refractivity contribution in [3.8, 4) is 0 Å². The molecular weight excluding hydrogens is 803 g/mol. The molecule has 3 N–H and O–H groups in total. The molecule has 2 saturated heterocycles. The molecule has 16 nitrogen and oxygen atoms in total. The second-order valence-corrected chi connectivity index (χ2v) is 17.2. The molecular formula is C47H53N9O7. The lowest BCUT2D eigenvalue weighted by Gasteiger charge is -2.35. The Morgan fingerprint density at radius 3 is 1.95 bits per heavy atom. The number of piperidine rings is 2. The number of nitrogens with one attached hydrogen (secondary N) is 2. The molecule has 2 amide bonds. The number of benzene rings is 2. The van der Waals surface area contributed by atoms with E-state index >= 15 is 0 Å². The van der Waals surface area contributed by atoms with Crippen LogP contribution in [0, 0.1) is 6.92 Å². The summed E-state index contributed by atoms with van der Waals surface area (Å²) in [6, 6.07) is 19.4. The van der Waals surface area contributed by atoms with Gasteiger partial charge in [-0.1, -0.05) is 45.8 Å². The molecule has 328 valence electrons. The van der Waals surface area contributed by atoms with Gasteiger partial charge in [0.15, 0.2) is 22.6 Å². The fourth-order valence-corrected chi connectivity index (χ4v) is 8.70. The molecule has 0 saturated carbocycles. The normalized spacial score (nSPS) is 22.5. The summed E-state index contributed by atoms with van der Waals surface area (Å²) in [7, 11) is 1.59. The lowest BCUT2D eigenvalue weighted by Crippen LogP contribution is -2.49. The second kappa shape index (κ2) is 18.2. The van der Waals surface area contributed by atoms with Crippen molar-refractivity contribution in [2.45, 2.75) is 89.7 Å². The molecule has 63 heavy (non-hydrogen) atoms. The predicted octanol–water partition coefficient (Wildman–Crippen LogP) is 5.38. The van der Waals surface area contributed by atoms with Gasteiger partial charge in [0.05, 0.1) is 18.7 Å². The molecule has 2 fully saturated rings. The Balaban J connectivity index is 1.02. The lowest BCUT2D eigenvalue weighted by molar-refractivity contribution is -0.128. The van der Waals surface area contributed by atoms with Crippen molar-refractivity contribution in [1.29, 1.82) is 0 Å². The van der Waals surface area contributed by atoms with Gasteiger partial charge in [-0.25, -0.2) is 9.97 Å². The summed E-state index contributed by atoms with van der Waals surface area (Å²) in [6.45, 7) is 10.3. The molecule has 3 atom stereocenters. The van der Waals surface area contributed by atoms with E-state index in [1.54, 1.807) is 98.6 Å². The van der Waals surface area contributed by atoms with Crippen LogP contribution in [0.1, 0.15) is 95.0 Å². The number of rotatable bonds is 12. The molecule has 3 unspecified atom stereocenters. The summed E-state index contributed by atoms with van der Waals surface area (Å²) in [5.41, 5.74) is 2.95. The minimum Gasteiger partial charge on any atom is -0.410 e. The van der Waals surface area contributed by atoms with Crippen LogP contribution in [0.4, 0.5) is 11.6 Å². The average Bonchev–Trinajstić information content (AvgIpc) is 3.78. The van der Waals surface area contributed by atoms with Crippen molar-refractivity contribution < 1.29 is 34.0 Å². The van der Waals surface area contributed by atoms with E-state index in [1.165, 1.54) is 0 Å². The zero-order valence-corrected chi connectivity index (χ0v) is 36.3. The number of anilines is 2. The van der Waals surface area contributed by atoms with E-state index in [-0.39, 0.29) is 54.1 Å². The van der Waals surface area contributed by atoms with E-state index < -0.39 is 11.2 Å². The van der Waals surface area contributed by atoms with Crippen LogP contribution in [0.2, 0.25) is 0 Å². The molecule has 2 aromatic heterocycles. The Bertz CT molecular complexity index is 2460. The average molecular weight is 856 g/mol. The third kappa shape index (κ3) is 8.70. The highest BCUT2D eigenvalue weighted by atomic mass is 16.7. The third-order valence-electron chi connectivity index (χ3n) is 12.1. The maximum absolute atomic E-state index is 14.5. The van der Waals surface area contributed by atoms with E-state index in [4.69, 9.17) is 19.4 Å². The molecule has 2 aromatic carbocycles. The number of amides is 2. The van der Waals surface area contributed by atoms with Crippen molar-refractivity contribution in [2.24, 2.45) is 15.5 Å². The second-order valence-electron chi connectivity index (χ2n) is 17.2. The minimum atomic E-state index is -1.19. The number of Topliss-reactive ketones (excluding diaryl/α,β-unsaturated/α-hetero) is 1. The van der Waals surface area contributed by atoms with E-state index in [0.29, 0.717) is 58.3 Å². The molecule has 0 spiro atoms. The van der Waals surface area contributed by atoms with Gasteiger partial charge < -0.3 is 30.3 Å². The maximum Gasteiger partial charge on any atom is 0.259 e. The highest BCUT2D eigenvalue weighted by Gasteiger charge is 2.44. The first-order valence-electron chi connectivity index (χ1n) is 21.4. The number of aryl methyl sites for hydroxylation is 1. The molecule has 8 rings (SSSR count). The highest BCUT2D eigenvalue weighted by molar-refractivity contribution is 6.51. The largest absolute Gasteiger partial charge is 0.410 e. The topological polar surface area (TPSA) is 193 Å².